The highest BCUT2D eigenvalue weighted by molar-refractivity contribution is 4.59. The molecule has 2 nitrogen and oxygen atoms in total. The van der Waals surface area contributed by atoms with E-state index in [0.29, 0.717) is 6.04 Å². The predicted molar refractivity (Wildman–Crippen MR) is 64.5 cm³/mol. The van der Waals surface area contributed by atoms with E-state index in [4.69, 9.17) is 5.73 Å². The van der Waals surface area contributed by atoms with Gasteiger partial charge in [0.05, 0.1) is 0 Å². The Bertz CT molecular complexity index is 104. The first kappa shape index (κ1) is 13.9. The van der Waals surface area contributed by atoms with E-state index in [9.17, 15) is 0 Å². The number of hydrogen-bond donors (Lipinski definition) is 2. The number of rotatable bonds is 10. The molecule has 1 unspecified atom stereocenters. The second-order valence-corrected chi connectivity index (χ2v) is 4.21. The number of nitrogens with two attached hydrogens (primary N) is 1. The molecule has 0 aromatic carbocycles. The Balaban J connectivity index is 2.92. The summed E-state index contributed by atoms with van der Waals surface area (Å²) in [7, 11) is 0. The van der Waals surface area contributed by atoms with Gasteiger partial charge < -0.3 is 11.1 Å². The molecule has 0 aliphatic heterocycles. The van der Waals surface area contributed by atoms with Crippen LogP contribution in [0.2, 0.25) is 0 Å². The van der Waals surface area contributed by atoms with E-state index < -0.39 is 0 Å². The van der Waals surface area contributed by atoms with Gasteiger partial charge in [0.15, 0.2) is 0 Å². The van der Waals surface area contributed by atoms with Crippen molar-refractivity contribution in [3.63, 3.8) is 0 Å². The largest absolute Gasteiger partial charge is 0.329 e. The van der Waals surface area contributed by atoms with Crippen molar-refractivity contribution in [3.05, 3.63) is 0 Å². The second-order valence-electron chi connectivity index (χ2n) is 4.21. The molecule has 0 radical (unpaired) electrons. The fourth-order valence-electron chi connectivity index (χ4n) is 1.51. The summed E-state index contributed by atoms with van der Waals surface area (Å²) in [5, 5.41) is 3.41. The standard InChI is InChI=1S/C12H28N2/c1-3-4-5-6-7-8-9-10-14-12(2)11-13/h12,14H,3-11,13H2,1-2H3. The number of hydrogen-bond acceptors (Lipinski definition) is 2. The average Bonchev–Trinajstić information content (AvgIpc) is 2.21. The zero-order chi connectivity index (χ0) is 10.6. The lowest BCUT2D eigenvalue weighted by molar-refractivity contribution is 0.516. The average molecular weight is 200 g/mol. The Morgan fingerprint density at radius 3 is 2.14 bits per heavy atom. The van der Waals surface area contributed by atoms with Crippen LogP contribution in [0.25, 0.3) is 0 Å². The van der Waals surface area contributed by atoms with Crippen molar-refractivity contribution < 1.29 is 0 Å². The van der Waals surface area contributed by atoms with Gasteiger partial charge in [0.25, 0.3) is 0 Å². The van der Waals surface area contributed by atoms with Gasteiger partial charge in [0, 0.05) is 12.6 Å². The first-order valence-corrected chi connectivity index (χ1v) is 6.24. The van der Waals surface area contributed by atoms with Crippen LogP contribution in [-0.4, -0.2) is 19.1 Å². The van der Waals surface area contributed by atoms with E-state index in [-0.39, 0.29) is 0 Å². The molecular weight excluding hydrogens is 172 g/mol. The van der Waals surface area contributed by atoms with E-state index in [1.807, 2.05) is 0 Å². The van der Waals surface area contributed by atoms with Crippen molar-refractivity contribution in [2.24, 2.45) is 5.73 Å². The molecule has 86 valence electrons. The van der Waals surface area contributed by atoms with Gasteiger partial charge in [-0.1, -0.05) is 45.4 Å². The maximum Gasteiger partial charge on any atom is 0.0161 e. The third kappa shape index (κ3) is 10.0. The highest BCUT2D eigenvalue weighted by atomic mass is 14.9. The van der Waals surface area contributed by atoms with Gasteiger partial charge in [-0.05, 0) is 19.9 Å². The molecule has 0 fully saturated rings. The van der Waals surface area contributed by atoms with Crippen LogP contribution in [0.4, 0.5) is 0 Å². The molecule has 0 aliphatic carbocycles. The maximum atomic E-state index is 5.51. The Morgan fingerprint density at radius 2 is 1.57 bits per heavy atom. The van der Waals surface area contributed by atoms with Gasteiger partial charge in [-0.15, -0.1) is 0 Å². The molecule has 2 heteroatoms. The van der Waals surface area contributed by atoms with Crippen LogP contribution in [0.3, 0.4) is 0 Å². The minimum Gasteiger partial charge on any atom is -0.329 e. The lowest BCUT2D eigenvalue weighted by Crippen LogP contribution is -2.33. The highest BCUT2D eigenvalue weighted by Crippen LogP contribution is 2.06. The molecule has 0 aromatic heterocycles. The van der Waals surface area contributed by atoms with Gasteiger partial charge in [0.2, 0.25) is 0 Å². The summed E-state index contributed by atoms with van der Waals surface area (Å²) in [5.41, 5.74) is 5.51. The van der Waals surface area contributed by atoms with Gasteiger partial charge in [-0.2, -0.15) is 0 Å². The molecule has 0 aromatic rings. The summed E-state index contributed by atoms with van der Waals surface area (Å²) in [5.74, 6) is 0. The van der Waals surface area contributed by atoms with E-state index >= 15 is 0 Å². The topological polar surface area (TPSA) is 38.0 Å². The third-order valence-corrected chi connectivity index (χ3v) is 2.63. The van der Waals surface area contributed by atoms with Crippen LogP contribution in [-0.2, 0) is 0 Å². The number of nitrogens with one attached hydrogen (secondary N) is 1. The molecule has 0 saturated heterocycles. The van der Waals surface area contributed by atoms with Crippen LogP contribution >= 0.6 is 0 Å². The van der Waals surface area contributed by atoms with Crippen molar-refractivity contribution in [3.8, 4) is 0 Å². The predicted octanol–water partition coefficient (Wildman–Crippen LogP) is 2.67. The Kier molecular flexibility index (Phi) is 10.9. The summed E-state index contributed by atoms with van der Waals surface area (Å²) in [4.78, 5) is 0. The van der Waals surface area contributed by atoms with Crippen molar-refractivity contribution in [2.75, 3.05) is 13.1 Å². The minimum atomic E-state index is 0.482. The highest BCUT2D eigenvalue weighted by Gasteiger charge is 1.96. The van der Waals surface area contributed by atoms with Crippen molar-refractivity contribution in [2.45, 2.75) is 64.8 Å². The minimum absolute atomic E-state index is 0.482. The summed E-state index contributed by atoms with van der Waals surface area (Å²) in [6, 6.07) is 0.482. The quantitative estimate of drug-likeness (QED) is 0.532. The van der Waals surface area contributed by atoms with Crippen LogP contribution < -0.4 is 11.1 Å². The van der Waals surface area contributed by atoms with E-state index in [1.54, 1.807) is 0 Å². The maximum absolute atomic E-state index is 5.51. The van der Waals surface area contributed by atoms with E-state index in [2.05, 4.69) is 19.2 Å². The Labute approximate surface area is 89.6 Å². The molecule has 14 heavy (non-hydrogen) atoms. The van der Waals surface area contributed by atoms with Crippen LogP contribution in [0.15, 0.2) is 0 Å². The molecule has 0 heterocycles. The van der Waals surface area contributed by atoms with Crippen LogP contribution in [0.1, 0.15) is 58.8 Å². The normalized spacial score (nSPS) is 13.1. The second kappa shape index (κ2) is 11.0. The molecule has 0 aliphatic rings. The van der Waals surface area contributed by atoms with Gasteiger partial charge in [-0.25, -0.2) is 0 Å². The summed E-state index contributed by atoms with van der Waals surface area (Å²) < 4.78 is 0. The van der Waals surface area contributed by atoms with E-state index in [0.717, 1.165) is 13.1 Å². The first-order valence-electron chi connectivity index (χ1n) is 6.24. The molecule has 0 bridgehead atoms. The zero-order valence-electron chi connectivity index (χ0n) is 10.0. The van der Waals surface area contributed by atoms with Crippen LogP contribution in [0, 0.1) is 0 Å². The summed E-state index contributed by atoms with van der Waals surface area (Å²) in [6.07, 6.45) is 9.66. The van der Waals surface area contributed by atoms with Crippen molar-refractivity contribution in [1.82, 2.24) is 5.32 Å². The molecule has 1 atom stereocenters. The zero-order valence-corrected chi connectivity index (χ0v) is 10.0. The molecule has 3 N–H and O–H groups in total. The molecule has 0 spiro atoms. The monoisotopic (exact) mass is 200 g/mol. The molecular formula is C12H28N2. The van der Waals surface area contributed by atoms with Gasteiger partial charge in [-0.3, -0.25) is 0 Å². The lowest BCUT2D eigenvalue weighted by atomic mass is 10.1. The van der Waals surface area contributed by atoms with Crippen molar-refractivity contribution >= 4 is 0 Å². The van der Waals surface area contributed by atoms with E-state index in [1.165, 1.54) is 44.9 Å². The summed E-state index contributed by atoms with van der Waals surface area (Å²) in [6.45, 7) is 6.28. The van der Waals surface area contributed by atoms with Gasteiger partial charge in [0.1, 0.15) is 0 Å². The lowest BCUT2D eigenvalue weighted by Gasteiger charge is -2.10. The first-order chi connectivity index (χ1) is 6.81. The Hall–Kier alpha value is -0.0800. The third-order valence-electron chi connectivity index (χ3n) is 2.63. The molecule has 0 saturated carbocycles. The number of unbranched alkanes of at least 4 members (excludes halogenated alkanes) is 6. The van der Waals surface area contributed by atoms with Crippen molar-refractivity contribution in [1.29, 1.82) is 0 Å². The van der Waals surface area contributed by atoms with Gasteiger partial charge >= 0.3 is 0 Å². The molecule has 0 rings (SSSR count). The SMILES string of the molecule is CCCCCCCCCNC(C)CN. The fraction of sp³-hybridized carbons (Fsp3) is 1.00. The molecule has 0 amide bonds. The summed E-state index contributed by atoms with van der Waals surface area (Å²) >= 11 is 0. The smallest absolute Gasteiger partial charge is 0.0161 e. The van der Waals surface area contributed by atoms with Crippen LogP contribution in [0.5, 0.6) is 0 Å². The fourth-order valence-corrected chi connectivity index (χ4v) is 1.51. The Morgan fingerprint density at radius 1 is 1.00 bits per heavy atom.